The predicted octanol–water partition coefficient (Wildman–Crippen LogP) is 13.4. The zero-order valence-electron chi connectivity index (χ0n) is 25.8. The molecule has 222 valence electrons. The molecule has 0 radical (unpaired) electrons. The van der Waals surface area contributed by atoms with Crippen molar-refractivity contribution in [2.24, 2.45) is 0 Å². The first-order chi connectivity index (χ1) is 23.8. The van der Waals surface area contributed by atoms with Gasteiger partial charge in [0.15, 0.2) is 0 Å². The summed E-state index contributed by atoms with van der Waals surface area (Å²) in [6.45, 7) is 0. The number of hydrogen-bond donors (Lipinski definition) is 0. The van der Waals surface area contributed by atoms with Crippen LogP contribution in [0.25, 0.3) is 109 Å². The molecule has 0 bridgehead atoms. The van der Waals surface area contributed by atoms with Crippen LogP contribution in [0.2, 0.25) is 0 Å². The van der Waals surface area contributed by atoms with E-state index in [9.17, 15) is 0 Å². The van der Waals surface area contributed by atoms with Crippen LogP contribution in [0.1, 0.15) is 0 Å². The van der Waals surface area contributed by atoms with Gasteiger partial charge >= 0.3 is 0 Å². The molecule has 0 saturated carbocycles. The van der Waals surface area contributed by atoms with E-state index in [0.717, 1.165) is 43.9 Å². The summed E-state index contributed by atoms with van der Waals surface area (Å²) in [5.74, 6) is 0. The second kappa shape index (κ2) is 9.57. The number of benzene rings is 9. The first-order valence-electron chi connectivity index (χ1n) is 16.4. The molecule has 0 saturated heterocycles. The van der Waals surface area contributed by atoms with Gasteiger partial charge < -0.3 is 8.83 Å². The lowest BCUT2D eigenvalue weighted by atomic mass is 9.92. The molecule has 0 fully saturated rings. The molecule has 0 N–H and O–H groups in total. The van der Waals surface area contributed by atoms with E-state index in [1.165, 1.54) is 65.3 Å². The quantitative estimate of drug-likeness (QED) is 0.182. The van der Waals surface area contributed by atoms with Crippen molar-refractivity contribution in [3.8, 4) is 22.3 Å². The van der Waals surface area contributed by atoms with Gasteiger partial charge in [0.1, 0.15) is 22.3 Å². The van der Waals surface area contributed by atoms with Gasteiger partial charge in [-0.25, -0.2) is 0 Å². The molecule has 9 aromatic carbocycles. The van der Waals surface area contributed by atoms with Crippen molar-refractivity contribution < 1.29 is 8.83 Å². The molecular weight excluding hydrogens is 585 g/mol. The minimum absolute atomic E-state index is 0.863. The third kappa shape index (κ3) is 3.63. The van der Waals surface area contributed by atoms with Crippen LogP contribution in [-0.4, -0.2) is 0 Å². The molecule has 11 rings (SSSR count). The van der Waals surface area contributed by atoms with Crippen molar-refractivity contribution >= 4 is 87.0 Å². The van der Waals surface area contributed by atoms with Crippen LogP contribution in [0.5, 0.6) is 0 Å². The Labute approximate surface area is 275 Å². The molecule has 2 aromatic heterocycles. The largest absolute Gasteiger partial charge is 0.456 e. The van der Waals surface area contributed by atoms with Crippen molar-refractivity contribution in [3.63, 3.8) is 0 Å². The van der Waals surface area contributed by atoms with E-state index in [4.69, 9.17) is 8.83 Å². The van der Waals surface area contributed by atoms with Gasteiger partial charge in [-0.2, -0.15) is 0 Å². The smallest absolute Gasteiger partial charge is 0.136 e. The van der Waals surface area contributed by atoms with Gasteiger partial charge in [-0.15, -0.1) is 0 Å². The summed E-state index contributed by atoms with van der Waals surface area (Å²) in [5.41, 5.74) is 8.26. The van der Waals surface area contributed by atoms with Gasteiger partial charge in [0.2, 0.25) is 0 Å². The van der Waals surface area contributed by atoms with Gasteiger partial charge in [-0.3, -0.25) is 0 Å². The van der Waals surface area contributed by atoms with Crippen molar-refractivity contribution in [1.82, 2.24) is 0 Å². The van der Waals surface area contributed by atoms with Crippen molar-refractivity contribution in [3.05, 3.63) is 158 Å². The predicted molar refractivity (Wildman–Crippen MR) is 202 cm³/mol. The Balaban J connectivity index is 1.10. The van der Waals surface area contributed by atoms with Crippen LogP contribution >= 0.6 is 0 Å². The average Bonchev–Trinajstić information content (AvgIpc) is 3.69. The minimum atomic E-state index is 0.863. The minimum Gasteiger partial charge on any atom is -0.456 e. The van der Waals surface area contributed by atoms with Crippen LogP contribution in [0, 0.1) is 0 Å². The highest BCUT2D eigenvalue weighted by atomic mass is 16.3. The topological polar surface area (TPSA) is 26.3 Å². The molecule has 0 aliphatic rings. The van der Waals surface area contributed by atoms with Crippen LogP contribution in [0.4, 0.5) is 0 Å². The van der Waals surface area contributed by atoms with E-state index in [2.05, 4.69) is 158 Å². The van der Waals surface area contributed by atoms with Crippen molar-refractivity contribution in [1.29, 1.82) is 0 Å². The van der Waals surface area contributed by atoms with Crippen LogP contribution in [-0.2, 0) is 0 Å². The number of hydrogen-bond acceptors (Lipinski definition) is 2. The SMILES string of the molecule is c1ccc2c(c1)cc(-c1ccc3oc4cc5c(cc4c3c1)oc1ccc(-c3cc4ccccc4c4ccccc34)cc15)c1ccccc12. The summed E-state index contributed by atoms with van der Waals surface area (Å²) in [4.78, 5) is 0. The molecule has 2 nitrogen and oxygen atoms in total. The molecule has 0 amide bonds. The van der Waals surface area contributed by atoms with E-state index in [-0.39, 0.29) is 0 Å². The Bertz CT molecular complexity index is 2910. The van der Waals surface area contributed by atoms with Gasteiger partial charge in [0, 0.05) is 21.5 Å². The van der Waals surface area contributed by atoms with Gasteiger partial charge in [-0.1, -0.05) is 109 Å². The molecule has 0 aliphatic heterocycles. The van der Waals surface area contributed by atoms with E-state index in [1.54, 1.807) is 0 Å². The molecule has 2 heteroatoms. The first kappa shape index (κ1) is 25.8. The van der Waals surface area contributed by atoms with Crippen LogP contribution in [0.15, 0.2) is 167 Å². The highest BCUT2D eigenvalue weighted by Gasteiger charge is 2.17. The fraction of sp³-hybridized carbons (Fsp3) is 0. The van der Waals surface area contributed by atoms with Crippen molar-refractivity contribution in [2.45, 2.75) is 0 Å². The highest BCUT2D eigenvalue weighted by molar-refractivity contribution is 6.19. The zero-order valence-corrected chi connectivity index (χ0v) is 25.8. The Hall–Kier alpha value is -6.38. The van der Waals surface area contributed by atoms with Gasteiger partial charge in [-0.05, 0) is 114 Å². The summed E-state index contributed by atoms with van der Waals surface area (Å²) in [7, 11) is 0. The average molecular weight is 611 g/mol. The molecule has 48 heavy (non-hydrogen) atoms. The maximum Gasteiger partial charge on any atom is 0.136 e. The highest BCUT2D eigenvalue weighted by Crippen LogP contribution is 2.42. The van der Waals surface area contributed by atoms with E-state index in [1.807, 2.05) is 0 Å². The van der Waals surface area contributed by atoms with E-state index in [0.29, 0.717) is 0 Å². The third-order valence-electron chi connectivity index (χ3n) is 10.2. The van der Waals surface area contributed by atoms with Crippen LogP contribution < -0.4 is 0 Å². The van der Waals surface area contributed by atoms with Gasteiger partial charge in [0.25, 0.3) is 0 Å². The van der Waals surface area contributed by atoms with Crippen molar-refractivity contribution in [2.75, 3.05) is 0 Å². The fourth-order valence-corrected chi connectivity index (χ4v) is 7.97. The zero-order chi connectivity index (χ0) is 31.3. The maximum absolute atomic E-state index is 6.51. The molecular formula is C46H26O2. The Morgan fingerprint density at radius 2 is 0.625 bits per heavy atom. The molecule has 0 spiro atoms. The third-order valence-corrected chi connectivity index (χ3v) is 10.2. The fourth-order valence-electron chi connectivity index (χ4n) is 7.97. The maximum atomic E-state index is 6.51. The molecule has 0 unspecified atom stereocenters. The summed E-state index contributed by atoms with van der Waals surface area (Å²) >= 11 is 0. The second-order valence-corrected chi connectivity index (χ2v) is 12.9. The summed E-state index contributed by atoms with van der Waals surface area (Å²) < 4.78 is 13.0. The Kier molecular flexibility index (Phi) is 5.14. The number of rotatable bonds is 2. The lowest BCUT2D eigenvalue weighted by Gasteiger charge is -2.11. The molecule has 0 aliphatic carbocycles. The molecule has 0 atom stereocenters. The standard InChI is InChI=1S/C46H26O2/c1-3-11-31-27(9-1)21-37(35-15-7-5-13-33(31)35)29-17-19-43-39(23-29)41-25-46-42(26-45(41)47-43)40-24-30(18-20-44(40)48-46)38-22-28-10-2-4-12-32(28)34-14-6-8-16-36(34)38/h1-26H. The number of furan rings is 2. The van der Waals surface area contributed by atoms with E-state index < -0.39 is 0 Å². The summed E-state index contributed by atoms with van der Waals surface area (Å²) in [6.07, 6.45) is 0. The lowest BCUT2D eigenvalue weighted by Crippen LogP contribution is -1.84. The number of fused-ring (bicyclic) bond motifs is 12. The molecule has 11 aromatic rings. The molecule has 2 heterocycles. The summed E-state index contributed by atoms with van der Waals surface area (Å²) in [5, 5.41) is 14.4. The monoisotopic (exact) mass is 610 g/mol. The van der Waals surface area contributed by atoms with E-state index >= 15 is 0 Å². The Morgan fingerprint density at radius 3 is 1.08 bits per heavy atom. The first-order valence-corrected chi connectivity index (χ1v) is 16.4. The Morgan fingerprint density at radius 1 is 0.250 bits per heavy atom. The lowest BCUT2D eigenvalue weighted by molar-refractivity contribution is 0.664. The second-order valence-electron chi connectivity index (χ2n) is 12.9. The van der Waals surface area contributed by atoms with Crippen LogP contribution in [0.3, 0.4) is 0 Å². The summed E-state index contributed by atoms with van der Waals surface area (Å²) in [6, 6.07) is 56.7. The normalized spacial score (nSPS) is 12.2. The van der Waals surface area contributed by atoms with Gasteiger partial charge in [0.05, 0.1) is 0 Å².